The Morgan fingerprint density at radius 2 is 1.90 bits per heavy atom. The lowest BCUT2D eigenvalue weighted by molar-refractivity contribution is 0.409. The summed E-state index contributed by atoms with van der Waals surface area (Å²) in [4.78, 5) is 0. The summed E-state index contributed by atoms with van der Waals surface area (Å²) in [7, 11) is 1.60. The fourth-order valence-electron chi connectivity index (χ4n) is 1.93. The molecule has 0 saturated heterocycles. The molecule has 20 heavy (non-hydrogen) atoms. The first-order valence-corrected chi connectivity index (χ1v) is 6.99. The van der Waals surface area contributed by atoms with Crippen molar-refractivity contribution in [2.45, 2.75) is 13.0 Å². The molecule has 102 valence electrons. The average Bonchev–Trinajstić information content (AvgIpc) is 2.46. The highest BCUT2D eigenvalue weighted by atomic mass is 79.9. The summed E-state index contributed by atoms with van der Waals surface area (Å²) in [5.41, 5.74) is 2.90. The third-order valence-corrected chi connectivity index (χ3v) is 3.49. The Hall–Kier alpha value is -1.99. The molecule has 0 heterocycles. The third-order valence-electron chi connectivity index (χ3n) is 2.99. The van der Waals surface area contributed by atoms with Gasteiger partial charge in [-0.1, -0.05) is 33.6 Å². The Labute approximate surface area is 127 Å². The second-order valence-electron chi connectivity index (χ2n) is 4.46. The van der Waals surface area contributed by atoms with E-state index in [1.165, 1.54) is 5.56 Å². The second-order valence-corrected chi connectivity index (χ2v) is 5.37. The summed E-state index contributed by atoms with van der Waals surface area (Å²) in [5.74, 6) is 0.694. The van der Waals surface area contributed by atoms with Crippen molar-refractivity contribution in [1.29, 1.82) is 5.26 Å². The molecule has 0 saturated carbocycles. The van der Waals surface area contributed by atoms with Gasteiger partial charge in [0, 0.05) is 15.7 Å². The molecule has 0 aliphatic rings. The molecule has 0 aliphatic carbocycles. The molecule has 2 aromatic carbocycles. The molecule has 3 nitrogen and oxygen atoms in total. The number of nitriles is 1. The number of hydrogen-bond acceptors (Lipinski definition) is 3. The molecule has 1 unspecified atom stereocenters. The number of benzene rings is 2. The monoisotopic (exact) mass is 330 g/mol. The number of methoxy groups -OCH3 is 1. The van der Waals surface area contributed by atoms with E-state index in [0.29, 0.717) is 5.75 Å². The highest BCUT2D eigenvalue weighted by Crippen LogP contribution is 2.30. The van der Waals surface area contributed by atoms with Gasteiger partial charge in [0.2, 0.25) is 0 Å². The first-order valence-electron chi connectivity index (χ1n) is 6.20. The predicted molar refractivity (Wildman–Crippen MR) is 83.8 cm³/mol. The molecule has 0 amide bonds. The standard InChI is InChI=1S/C16H15BrN2O/c1-11-3-6-13(7-4-11)19-15(10-18)14-9-12(17)5-8-16(14)20-2/h3-9,15,19H,1-2H3. The van der Waals surface area contributed by atoms with Crippen LogP contribution in [0.15, 0.2) is 46.9 Å². The van der Waals surface area contributed by atoms with Crippen LogP contribution in [0.3, 0.4) is 0 Å². The number of anilines is 1. The van der Waals surface area contributed by atoms with Gasteiger partial charge in [0.25, 0.3) is 0 Å². The van der Waals surface area contributed by atoms with Crippen molar-refractivity contribution in [3.05, 3.63) is 58.1 Å². The van der Waals surface area contributed by atoms with Crippen LogP contribution < -0.4 is 10.1 Å². The Morgan fingerprint density at radius 1 is 1.20 bits per heavy atom. The summed E-state index contributed by atoms with van der Waals surface area (Å²) >= 11 is 3.43. The Balaban J connectivity index is 2.31. The minimum absolute atomic E-state index is 0.467. The summed E-state index contributed by atoms with van der Waals surface area (Å²) in [6.07, 6.45) is 0. The molecule has 2 rings (SSSR count). The zero-order chi connectivity index (χ0) is 14.5. The minimum Gasteiger partial charge on any atom is -0.496 e. The predicted octanol–water partition coefficient (Wildman–Crippen LogP) is 4.44. The number of nitrogens with one attached hydrogen (secondary N) is 1. The van der Waals surface area contributed by atoms with Gasteiger partial charge in [0.1, 0.15) is 11.8 Å². The second kappa shape index (κ2) is 6.44. The van der Waals surface area contributed by atoms with Crippen molar-refractivity contribution in [1.82, 2.24) is 0 Å². The molecule has 0 radical (unpaired) electrons. The van der Waals surface area contributed by atoms with Gasteiger partial charge in [-0.05, 0) is 37.3 Å². The summed E-state index contributed by atoms with van der Waals surface area (Å²) in [6.45, 7) is 2.03. The fraction of sp³-hybridized carbons (Fsp3) is 0.188. The quantitative estimate of drug-likeness (QED) is 0.901. The molecule has 1 atom stereocenters. The van der Waals surface area contributed by atoms with Crippen molar-refractivity contribution >= 4 is 21.6 Å². The lowest BCUT2D eigenvalue weighted by Gasteiger charge is -2.16. The van der Waals surface area contributed by atoms with E-state index in [0.717, 1.165) is 15.7 Å². The molecule has 0 aromatic heterocycles. The highest BCUT2D eigenvalue weighted by Gasteiger charge is 2.16. The summed E-state index contributed by atoms with van der Waals surface area (Å²) < 4.78 is 6.24. The maximum atomic E-state index is 9.42. The molecule has 2 aromatic rings. The van der Waals surface area contributed by atoms with Crippen molar-refractivity contribution in [3.63, 3.8) is 0 Å². The van der Waals surface area contributed by atoms with E-state index in [4.69, 9.17) is 4.74 Å². The molecule has 1 N–H and O–H groups in total. The van der Waals surface area contributed by atoms with E-state index in [2.05, 4.69) is 27.3 Å². The smallest absolute Gasteiger partial charge is 0.143 e. The first kappa shape index (κ1) is 14.4. The molecule has 0 bridgehead atoms. The van der Waals surface area contributed by atoms with Crippen LogP contribution in [0.25, 0.3) is 0 Å². The van der Waals surface area contributed by atoms with Crippen LogP contribution >= 0.6 is 15.9 Å². The molecule has 4 heteroatoms. The molecule has 0 spiro atoms. The Kier molecular flexibility index (Phi) is 4.65. The lowest BCUT2D eigenvalue weighted by Crippen LogP contribution is -2.10. The van der Waals surface area contributed by atoms with Crippen molar-refractivity contribution in [2.24, 2.45) is 0 Å². The van der Waals surface area contributed by atoms with Gasteiger partial charge in [-0.25, -0.2) is 0 Å². The van der Waals surface area contributed by atoms with Crippen LogP contribution in [0.4, 0.5) is 5.69 Å². The normalized spacial score (nSPS) is 11.5. The van der Waals surface area contributed by atoms with Crippen LogP contribution in [-0.2, 0) is 0 Å². The van der Waals surface area contributed by atoms with E-state index in [-0.39, 0.29) is 0 Å². The molecular formula is C16H15BrN2O. The molecule has 0 aliphatic heterocycles. The van der Waals surface area contributed by atoms with Crippen molar-refractivity contribution in [3.8, 4) is 11.8 Å². The van der Waals surface area contributed by atoms with Gasteiger partial charge >= 0.3 is 0 Å². The van der Waals surface area contributed by atoms with Crippen LogP contribution in [0.1, 0.15) is 17.2 Å². The minimum atomic E-state index is -0.467. The molecule has 0 fully saturated rings. The Bertz CT molecular complexity index is 632. The summed E-state index contributed by atoms with van der Waals surface area (Å²) in [6, 6.07) is 15.4. The van der Waals surface area contributed by atoms with E-state index in [1.54, 1.807) is 7.11 Å². The van der Waals surface area contributed by atoms with E-state index in [1.807, 2.05) is 49.4 Å². The van der Waals surface area contributed by atoms with E-state index < -0.39 is 6.04 Å². The van der Waals surface area contributed by atoms with Crippen LogP contribution in [0.5, 0.6) is 5.75 Å². The Morgan fingerprint density at radius 3 is 2.50 bits per heavy atom. The zero-order valence-electron chi connectivity index (χ0n) is 11.4. The van der Waals surface area contributed by atoms with Gasteiger partial charge in [-0.2, -0.15) is 5.26 Å². The number of rotatable bonds is 4. The largest absolute Gasteiger partial charge is 0.496 e. The molecular weight excluding hydrogens is 316 g/mol. The fourth-order valence-corrected chi connectivity index (χ4v) is 2.31. The van der Waals surface area contributed by atoms with Gasteiger partial charge < -0.3 is 10.1 Å². The third kappa shape index (κ3) is 3.31. The maximum Gasteiger partial charge on any atom is 0.143 e. The van der Waals surface area contributed by atoms with Crippen LogP contribution in [-0.4, -0.2) is 7.11 Å². The van der Waals surface area contributed by atoms with Gasteiger partial charge in [0.15, 0.2) is 0 Å². The van der Waals surface area contributed by atoms with Crippen LogP contribution in [0, 0.1) is 18.3 Å². The zero-order valence-corrected chi connectivity index (χ0v) is 12.9. The number of nitrogens with zero attached hydrogens (tertiary/aromatic N) is 1. The number of aryl methyl sites for hydroxylation is 1. The first-order chi connectivity index (χ1) is 9.63. The van der Waals surface area contributed by atoms with Gasteiger partial charge in [0.05, 0.1) is 13.2 Å². The average molecular weight is 331 g/mol. The SMILES string of the molecule is COc1ccc(Br)cc1C(C#N)Nc1ccc(C)cc1. The van der Waals surface area contributed by atoms with Gasteiger partial charge in [-0.3, -0.25) is 0 Å². The highest BCUT2D eigenvalue weighted by molar-refractivity contribution is 9.10. The van der Waals surface area contributed by atoms with Crippen LogP contribution in [0.2, 0.25) is 0 Å². The topological polar surface area (TPSA) is 45.0 Å². The number of ether oxygens (including phenoxy) is 1. The van der Waals surface area contributed by atoms with E-state index in [9.17, 15) is 5.26 Å². The van der Waals surface area contributed by atoms with Gasteiger partial charge in [-0.15, -0.1) is 0 Å². The number of hydrogen-bond donors (Lipinski definition) is 1. The van der Waals surface area contributed by atoms with E-state index >= 15 is 0 Å². The van der Waals surface area contributed by atoms with Crippen molar-refractivity contribution in [2.75, 3.05) is 12.4 Å². The lowest BCUT2D eigenvalue weighted by atomic mass is 10.1. The van der Waals surface area contributed by atoms with Crippen molar-refractivity contribution < 1.29 is 4.74 Å². The summed E-state index contributed by atoms with van der Waals surface area (Å²) in [5, 5.41) is 12.6. The maximum absolute atomic E-state index is 9.42. The number of halogens is 1.